The zero-order valence-corrected chi connectivity index (χ0v) is 10.2. The Balaban J connectivity index is 2.85. The third-order valence-corrected chi connectivity index (χ3v) is 2.43. The van der Waals surface area contributed by atoms with Gasteiger partial charge in [-0.2, -0.15) is 0 Å². The van der Waals surface area contributed by atoms with Crippen LogP contribution in [0.15, 0.2) is 29.8 Å². The molecule has 1 aromatic carbocycles. The Kier molecular flexibility index (Phi) is 4.37. The van der Waals surface area contributed by atoms with Crippen molar-refractivity contribution in [3.63, 3.8) is 0 Å². The van der Waals surface area contributed by atoms with Crippen molar-refractivity contribution in [2.24, 2.45) is 0 Å². The summed E-state index contributed by atoms with van der Waals surface area (Å²) in [5.41, 5.74) is 1.75. The molecule has 0 N–H and O–H groups in total. The number of carbonyl (C=O) groups excluding carboxylic acids is 1. The van der Waals surface area contributed by atoms with Crippen molar-refractivity contribution in [1.29, 1.82) is 0 Å². The minimum Gasteiger partial charge on any atom is -0.294 e. The van der Waals surface area contributed by atoms with Crippen molar-refractivity contribution in [2.75, 3.05) is 0 Å². The number of ketones is 1. The minimum atomic E-state index is 0.0409. The Hall–Kier alpha value is -0.790. The largest absolute Gasteiger partial charge is 0.294 e. The number of hydrogen-bond acceptors (Lipinski definition) is 1. The van der Waals surface area contributed by atoms with E-state index in [1.807, 2.05) is 13.8 Å². The van der Waals surface area contributed by atoms with Crippen molar-refractivity contribution in [1.82, 2.24) is 0 Å². The van der Waals surface area contributed by atoms with Gasteiger partial charge in [0.25, 0.3) is 0 Å². The fourth-order valence-corrected chi connectivity index (χ4v) is 1.62. The Morgan fingerprint density at radius 1 is 1.33 bits per heavy atom. The van der Waals surface area contributed by atoms with E-state index in [9.17, 15) is 4.79 Å². The quantitative estimate of drug-likeness (QED) is 0.731. The first-order valence-electron chi connectivity index (χ1n) is 4.60. The van der Waals surface area contributed by atoms with Gasteiger partial charge in [0, 0.05) is 16.5 Å². The molecule has 80 valence electrons. The average molecular weight is 243 g/mol. The Morgan fingerprint density at radius 2 is 2.00 bits per heavy atom. The lowest BCUT2D eigenvalue weighted by atomic mass is 10.1. The van der Waals surface area contributed by atoms with Crippen LogP contribution in [-0.4, -0.2) is 5.78 Å². The van der Waals surface area contributed by atoms with Gasteiger partial charge in [-0.05, 0) is 43.7 Å². The third-order valence-electron chi connectivity index (χ3n) is 1.82. The van der Waals surface area contributed by atoms with Crippen LogP contribution >= 0.6 is 23.2 Å². The maximum absolute atomic E-state index is 11.5. The highest BCUT2D eigenvalue weighted by Crippen LogP contribution is 2.21. The molecule has 0 heterocycles. The minimum absolute atomic E-state index is 0.0409. The zero-order valence-electron chi connectivity index (χ0n) is 8.68. The van der Waals surface area contributed by atoms with Gasteiger partial charge in [-0.25, -0.2) is 0 Å². The second-order valence-corrected chi connectivity index (χ2v) is 4.44. The topological polar surface area (TPSA) is 17.1 Å². The molecule has 1 nitrogen and oxygen atoms in total. The van der Waals surface area contributed by atoms with Crippen LogP contribution in [0.1, 0.15) is 19.4 Å². The van der Waals surface area contributed by atoms with Gasteiger partial charge in [-0.15, -0.1) is 0 Å². The van der Waals surface area contributed by atoms with Crippen molar-refractivity contribution < 1.29 is 4.79 Å². The molecule has 0 unspecified atom stereocenters. The molecule has 0 spiro atoms. The number of halogens is 2. The molecule has 0 aliphatic rings. The van der Waals surface area contributed by atoms with E-state index in [1.54, 1.807) is 24.3 Å². The van der Waals surface area contributed by atoms with Gasteiger partial charge in [-0.1, -0.05) is 28.8 Å². The van der Waals surface area contributed by atoms with Gasteiger partial charge in [0.2, 0.25) is 0 Å². The second-order valence-electron chi connectivity index (χ2n) is 3.60. The maximum Gasteiger partial charge on any atom is 0.160 e. The van der Waals surface area contributed by atoms with Crippen LogP contribution < -0.4 is 0 Å². The molecule has 0 aliphatic carbocycles. The Bertz CT molecular complexity index is 404. The third kappa shape index (κ3) is 4.06. The summed E-state index contributed by atoms with van der Waals surface area (Å²) in [4.78, 5) is 11.5. The number of carbonyl (C=O) groups is 1. The van der Waals surface area contributed by atoms with Crippen LogP contribution in [0.5, 0.6) is 0 Å². The smallest absolute Gasteiger partial charge is 0.160 e. The number of benzene rings is 1. The van der Waals surface area contributed by atoms with Crippen molar-refractivity contribution in [2.45, 2.75) is 20.3 Å². The molecule has 0 amide bonds. The van der Waals surface area contributed by atoms with Crippen LogP contribution in [-0.2, 0) is 11.2 Å². The summed E-state index contributed by atoms with van der Waals surface area (Å²) >= 11 is 11.8. The summed E-state index contributed by atoms with van der Waals surface area (Å²) in [5, 5.41) is 1.18. The molecule has 3 heteroatoms. The molecule has 1 aromatic rings. The summed E-state index contributed by atoms with van der Waals surface area (Å²) in [6.45, 7) is 3.77. The van der Waals surface area contributed by atoms with Crippen LogP contribution in [0.3, 0.4) is 0 Å². The molecule has 0 radical (unpaired) electrons. The first-order valence-corrected chi connectivity index (χ1v) is 5.36. The van der Waals surface area contributed by atoms with Crippen molar-refractivity contribution in [3.8, 4) is 0 Å². The fourth-order valence-electron chi connectivity index (χ4n) is 1.24. The van der Waals surface area contributed by atoms with E-state index in [2.05, 4.69) is 0 Å². The first kappa shape index (κ1) is 12.3. The predicted octanol–water partition coefficient (Wildman–Crippen LogP) is 4.07. The highest BCUT2D eigenvalue weighted by Gasteiger charge is 2.05. The zero-order chi connectivity index (χ0) is 11.4. The van der Waals surface area contributed by atoms with Gasteiger partial charge in [-0.3, -0.25) is 4.79 Å². The summed E-state index contributed by atoms with van der Waals surface area (Å²) in [6.07, 6.45) is 1.90. The van der Waals surface area contributed by atoms with Gasteiger partial charge in [0.1, 0.15) is 0 Å². The molecule has 0 aliphatic heterocycles. The van der Waals surface area contributed by atoms with Crippen LogP contribution in [0.2, 0.25) is 10.0 Å². The molecule has 1 rings (SSSR count). The highest BCUT2D eigenvalue weighted by atomic mass is 35.5. The van der Waals surface area contributed by atoms with Gasteiger partial charge in [0.15, 0.2) is 5.78 Å². The first-order chi connectivity index (χ1) is 6.99. The Labute approximate surface area is 99.7 Å². The lowest BCUT2D eigenvalue weighted by Gasteiger charge is -2.02. The van der Waals surface area contributed by atoms with E-state index >= 15 is 0 Å². The molecule has 0 aromatic heterocycles. The SMILES string of the molecule is CC(C)=CC(=O)Cc1cc(Cl)ccc1Cl. The Morgan fingerprint density at radius 3 is 2.60 bits per heavy atom. The predicted molar refractivity (Wildman–Crippen MR) is 64.6 cm³/mol. The van der Waals surface area contributed by atoms with E-state index in [0.29, 0.717) is 16.5 Å². The molecule has 15 heavy (non-hydrogen) atoms. The maximum atomic E-state index is 11.5. The highest BCUT2D eigenvalue weighted by molar-refractivity contribution is 6.33. The van der Waals surface area contributed by atoms with Gasteiger partial charge in [0.05, 0.1) is 0 Å². The van der Waals surface area contributed by atoms with E-state index < -0.39 is 0 Å². The van der Waals surface area contributed by atoms with Crippen LogP contribution in [0.25, 0.3) is 0 Å². The summed E-state index contributed by atoms with van der Waals surface area (Å²) < 4.78 is 0. The van der Waals surface area contributed by atoms with Crippen LogP contribution in [0.4, 0.5) is 0 Å². The lowest BCUT2D eigenvalue weighted by molar-refractivity contribution is -0.114. The molecule has 0 saturated carbocycles. The van der Waals surface area contributed by atoms with E-state index in [-0.39, 0.29) is 5.78 Å². The van der Waals surface area contributed by atoms with Gasteiger partial charge >= 0.3 is 0 Å². The summed E-state index contributed by atoms with van der Waals surface area (Å²) in [6, 6.07) is 5.13. The summed E-state index contributed by atoms with van der Waals surface area (Å²) in [7, 11) is 0. The standard InChI is InChI=1S/C12H12Cl2O/c1-8(2)5-11(15)7-9-6-10(13)3-4-12(9)14/h3-6H,7H2,1-2H3. The van der Waals surface area contributed by atoms with E-state index in [1.165, 1.54) is 0 Å². The molecular weight excluding hydrogens is 231 g/mol. The molecular formula is C12H12Cl2O. The number of allylic oxidation sites excluding steroid dienone is 2. The van der Waals surface area contributed by atoms with Gasteiger partial charge < -0.3 is 0 Å². The van der Waals surface area contributed by atoms with Crippen molar-refractivity contribution >= 4 is 29.0 Å². The molecule has 0 atom stereocenters. The van der Waals surface area contributed by atoms with Crippen LogP contribution in [0, 0.1) is 0 Å². The number of hydrogen-bond donors (Lipinski definition) is 0. The lowest BCUT2D eigenvalue weighted by Crippen LogP contribution is -1.99. The summed E-state index contributed by atoms with van der Waals surface area (Å²) in [5.74, 6) is 0.0409. The monoisotopic (exact) mass is 242 g/mol. The van der Waals surface area contributed by atoms with E-state index in [0.717, 1.165) is 11.1 Å². The van der Waals surface area contributed by atoms with Crippen molar-refractivity contribution in [3.05, 3.63) is 45.5 Å². The number of rotatable bonds is 3. The average Bonchev–Trinajstić information content (AvgIpc) is 2.10. The van der Waals surface area contributed by atoms with E-state index in [4.69, 9.17) is 23.2 Å². The molecule has 0 fully saturated rings. The second kappa shape index (κ2) is 5.34. The molecule has 0 saturated heterocycles. The normalized spacial score (nSPS) is 9.87. The molecule has 0 bridgehead atoms. The fraction of sp³-hybridized carbons (Fsp3) is 0.250.